The molecule has 7 heteroatoms. The Kier molecular flexibility index (Phi) is 3.14. The van der Waals surface area contributed by atoms with E-state index >= 15 is 0 Å². The summed E-state index contributed by atoms with van der Waals surface area (Å²) in [6.45, 7) is 5.93. The van der Waals surface area contributed by atoms with Gasteiger partial charge in [-0.1, -0.05) is 11.6 Å². The first kappa shape index (κ1) is 13.7. The Balaban J connectivity index is 2.05. The fraction of sp³-hybridized carbons (Fsp3) is 0.467. The number of pyridine rings is 1. The fourth-order valence-electron chi connectivity index (χ4n) is 2.70. The summed E-state index contributed by atoms with van der Waals surface area (Å²) in [4.78, 5) is 16.0. The first-order chi connectivity index (χ1) is 10.7. The van der Waals surface area contributed by atoms with Crippen molar-refractivity contribution >= 4 is 34.2 Å². The van der Waals surface area contributed by atoms with E-state index in [9.17, 15) is 0 Å². The fourth-order valence-corrected chi connectivity index (χ4v) is 2.85. The molecule has 0 radical (unpaired) electrons. The summed E-state index contributed by atoms with van der Waals surface area (Å²) < 4.78 is 1.85. The van der Waals surface area contributed by atoms with E-state index in [1.165, 1.54) is 12.8 Å². The highest BCUT2D eigenvalue weighted by molar-refractivity contribution is 6.31. The Hall–Kier alpha value is -1.95. The summed E-state index contributed by atoms with van der Waals surface area (Å²) in [5.74, 6) is 2.19. The molecule has 1 aliphatic rings. The van der Waals surface area contributed by atoms with Crippen molar-refractivity contribution in [3.05, 3.63) is 23.1 Å². The second kappa shape index (κ2) is 5.05. The molecule has 22 heavy (non-hydrogen) atoms. The van der Waals surface area contributed by atoms with Crippen molar-refractivity contribution in [3.63, 3.8) is 0 Å². The standard InChI is InChI=1S/C15H17ClN6/c1-3-21(4-2)15-19-13-11(7-10(16)8-17-13)14-18-12(9-5-6-9)20-22(14)15/h7-9H,3-6H2,1-2H3. The van der Waals surface area contributed by atoms with E-state index < -0.39 is 0 Å². The lowest BCUT2D eigenvalue weighted by Gasteiger charge is -2.20. The molecular weight excluding hydrogens is 300 g/mol. The van der Waals surface area contributed by atoms with Crippen LogP contribution in [0.4, 0.5) is 5.95 Å². The smallest absolute Gasteiger partial charge is 0.230 e. The van der Waals surface area contributed by atoms with E-state index in [2.05, 4.69) is 23.7 Å². The number of aromatic nitrogens is 5. The van der Waals surface area contributed by atoms with Crippen LogP contribution in [-0.2, 0) is 0 Å². The highest BCUT2D eigenvalue weighted by Crippen LogP contribution is 2.39. The molecule has 3 aromatic rings. The van der Waals surface area contributed by atoms with Gasteiger partial charge in [-0.3, -0.25) is 0 Å². The molecule has 1 saturated carbocycles. The molecule has 6 nitrogen and oxygen atoms in total. The van der Waals surface area contributed by atoms with E-state index in [4.69, 9.17) is 26.7 Å². The maximum absolute atomic E-state index is 6.10. The third-order valence-corrected chi connectivity index (χ3v) is 4.29. The Bertz CT molecular complexity index is 850. The molecule has 0 atom stereocenters. The van der Waals surface area contributed by atoms with Crippen molar-refractivity contribution in [2.45, 2.75) is 32.6 Å². The first-order valence-corrected chi connectivity index (χ1v) is 8.06. The highest BCUT2D eigenvalue weighted by Gasteiger charge is 2.29. The lowest BCUT2D eigenvalue weighted by Crippen LogP contribution is -2.26. The van der Waals surface area contributed by atoms with Gasteiger partial charge in [0.15, 0.2) is 17.1 Å². The number of anilines is 1. The van der Waals surface area contributed by atoms with Crippen molar-refractivity contribution in [2.75, 3.05) is 18.0 Å². The molecule has 0 unspecified atom stereocenters. The highest BCUT2D eigenvalue weighted by atomic mass is 35.5. The molecule has 0 N–H and O–H groups in total. The number of hydrogen-bond acceptors (Lipinski definition) is 5. The van der Waals surface area contributed by atoms with Gasteiger partial charge in [-0.05, 0) is 32.8 Å². The molecule has 0 amide bonds. The van der Waals surface area contributed by atoms with Crippen LogP contribution < -0.4 is 4.90 Å². The average molecular weight is 317 g/mol. The Morgan fingerprint density at radius 2 is 2.05 bits per heavy atom. The minimum atomic E-state index is 0.492. The van der Waals surface area contributed by atoms with Gasteiger partial charge in [0.25, 0.3) is 0 Å². The van der Waals surface area contributed by atoms with Gasteiger partial charge in [-0.15, -0.1) is 5.10 Å². The Morgan fingerprint density at radius 1 is 1.27 bits per heavy atom. The zero-order valence-corrected chi connectivity index (χ0v) is 13.4. The third-order valence-electron chi connectivity index (χ3n) is 4.08. The van der Waals surface area contributed by atoms with Crippen LogP contribution in [0.25, 0.3) is 16.7 Å². The number of nitrogens with zero attached hydrogens (tertiary/aromatic N) is 6. The predicted octanol–water partition coefficient (Wildman–Crippen LogP) is 3.05. The van der Waals surface area contributed by atoms with Crippen molar-refractivity contribution in [1.82, 2.24) is 24.6 Å². The molecule has 0 aromatic carbocycles. The van der Waals surface area contributed by atoms with Gasteiger partial charge in [0.1, 0.15) is 0 Å². The van der Waals surface area contributed by atoms with Crippen LogP contribution >= 0.6 is 11.6 Å². The van der Waals surface area contributed by atoms with Gasteiger partial charge in [-0.25, -0.2) is 9.97 Å². The van der Waals surface area contributed by atoms with Crippen LogP contribution in [-0.4, -0.2) is 37.7 Å². The van der Waals surface area contributed by atoms with Crippen LogP contribution in [0.1, 0.15) is 38.4 Å². The topological polar surface area (TPSA) is 59.2 Å². The van der Waals surface area contributed by atoms with Gasteiger partial charge in [0.2, 0.25) is 5.95 Å². The number of rotatable bonds is 4. The summed E-state index contributed by atoms with van der Waals surface area (Å²) in [6.07, 6.45) is 3.96. The predicted molar refractivity (Wildman–Crippen MR) is 86.6 cm³/mol. The van der Waals surface area contributed by atoms with Crippen LogP contribution in [0.2, 0.25) is 5.02 Å². The second-order valence-electron chi connectivity index (χ2n) is 5.59. The summed E-state index contributed by atoms with van der Waals surface area (Å²) in [7, 11) is 0. The monoisotopic (exact) mass is 316 g/mol. The van der Waals surface area contributed by atoms with Crippen molar-refractivity contribution in [3.8, 4) is 0 Å². The Morgan fingerprint density at radius 3 is 2.73 bits per heavy atom. The van der Waals surface area contributed by atoms with E-state index in [0.29, 0.717) is 16.6 Å². The number of hydrogen-bond donors (Lipinski definition) is 0. The van der Waals surface area contributed by atoms with Gasteiger partial charge in [0.05, 0.1) is 10.4 Å². The molecule has 3 aromatic heterocycles. The number of halogens is 1. The molecule has 3 heterocycles. The zero-order chi connectivity index (χ0) is 15.3. The second-order valence-corrected chi connectivity index (χ2v) is 6.02. The first-order valence-electron chi connectivity index (χ1n) is 7.68. The average Bonchev–Trinajstić information content (AvgIpc) is 3.27. The summed E-state index contributed by atoms with van der Waals surface area (Å²) in [6, 6.07) is 1.86. The summed E-state index contributed by atoms with van der Waals surface area (Å²) >= 11 is 6.10. The largest absolute Gasteiger partial charge is 0.341 e. The van der Waals surface area contributed by atoms with Crippen LogP contribution in [0.3, 0.4) is 0 Å². The van der Waals surface area contributed by atoms with Crippen molar-refractivity contribution in [2.24, 2.45) is 0 Å². The quantitative estimate of drug-likeness (QED) is 0.740. The normalized spacial score (nSPS) is 14.9. The van der Waals surface area contributed by atoms with E-state index in [1.54, 1.807) is 6.20 Å². The van der Waals surface area contributed by atoms with Gasteiger partial charge >= 0.3 is 0 Å². The van der Waals surface area contributed by atoms with E-state index in [-0.39, 0.29) is 0 Å². The molecule has 1 fully saturated rings. The van der Waals surface area contributed by atoms with Gasteiger partial charge < -0.3 is 4.90 Å². The third kappa shape index (κ3) is 2.09. The molecule has 1 aliphatic carbocycles. The molecule has 0 bridgehead atoms. The van der Waals surface area contributed by atoms with Crippen LogP contribution in [0.15, 0.2) is 12.3 Å². The SMILES string of the molecule is CCN(CC)c1nc2ncc(Cl)cc2c2nc(C3CC3)nn12. The maximum Gasteiger partial charge on any atom is 0.230 e. The van der Waals surface area contributed by atoms with E-state index in [0.717, 1.165) is 35.9 Å². The molecule has 4 rings (SSSR count). The zero-order valence-electron chi connectivity index (χ0n) is 12.6. The Labute approximate surface area is 133 Å². The van der Waals surface area contributed by atoms with Gasteiger partial charge in [0, 0.05) is 25.2 Å². The molecular formula is C15H17ClN6. The lowest BCUT2D eigenvalue weighted by molar-refractivity contribution is 0.771. The minimum absolute atomic E-state index is 0.492. The summed E-state index contributed by atoms with van der Waals surface area (Å²) in [5, 5.41) is 6.14. The molecule has 0 spiro atoms. The lowest BCUT2D eigenvalue weighted by atomic mass is 10.3. The number of fused-ring (bicyclic) bond motifs is 3. The maximum atomic E-state index is 6.10. The van der Waals surface area contributed by atoms with Crippen LogP contribution in [0, 0.1) is 0 Å². The molecule has 0 saturated heterocycles. The minimum Gasteiger partial charge on any atom is -0.341 e. The van der Waals surface area contributed by atoms with Crippen molar-refractivity contribution < 1.29 is 0 Å². The van der Waals surface area contributed by atoms with Crippen molar-refractivity contribution in [1.29, 1.82) is 0 Å². The molecule has 0 aliphatic heterocycles. The van der Waals surface area contributed by atoms with Crippen LogP contribution in [0.5, 0.6) is 0 Å². The molecule has 114 valence electrons. The van der Waals surface area contributed by atoms with E-state index in [1.807, 2.05) is 10.6 Å². The van der Waals surface area contributed by atoms with Gasteiger partial charge in [-0.2, -0.15) is 9.50 Å². The summed E-state index contributed by atoms with van der Waals surface area (Å²) in [5.41, 5.74) is 1.46.